The standard InChI is InChI=1S/C17H26N2O4S/c1-4-11-19(14-7-9-18-10-8-14)24(21,22)15-5-6-16(13(2)12-15)17(20)23-3/h5-6,12,14,18H,4,7-11H2,1-3H3. The number of hydrogen-bond acceptors (Lipinski definition) is 5. The minimum atomic E-state index is -3.58. The fourth-order valence-corrected chi connectivity index (χ4v) is 4.95. The Labute approximate surface area is 144 Å². The van der Waals surface area contributed by atoms with Crippen LogP contribution in [0.2, 0.25) is 0 Å². The Bertz CT molecular complexity index is 682. The van der Waals surface area contributed by atoms with E-state index in [2.05, 4.69) is 5.32 Å². The molecule has 1 saturated heterocycles. The van der Waals surface area contributed by atoms with Crippen molar-refractivity contribution >= 4 is 16.0 Å². The van der Waals surface area contributed by atoms with Gasteiger partial charge < -0.3 is 10.1 Å². The number of ether oxygens (including phenoxy) is 1. The van der Waals surface area contributed by atoms with Gasteiger partial charge in [0.2, 0.25) is 10.0 Å². The van der Waals surface area contributed by atoms with Crippen LogP contribution in [0.5, 0.6) is 0 Å². The van der Waals surface area contributed by atoms with Gasteiger partial charge in [-0.05, 0) is 63.0 Å². The minimum absolute atomic E-state index is 0.0248. The molecular formula is C17H26N2O4S. The Balaban J connectivity index is 2.35. The Morgan fingerprint density at radius 3 is 2.54 bits per heavy atom. The molecule has 1 aromatic carbocycles. The first-order valence-electron chi connectivity index (χ1n) is 8.33. The Kier molecular flexibility index (Phi) is 6.37. The summed E-state index contributed by atoms with van der Waals surface area (Å²) in [6.45, 7) is 5.88. The van der Waals surface area contributed by atoms with Crippen LogP contribution in [0.3, 0.4) is 0 Å². The number of nitrogens with one attached hydrogen (secondary N) is 1. The molecule has 0 saturated carbocycles. The second-order valence-corrected chi connectivity index (χ2v) is 7.96. The number of methoxy groups -OCH3 is 1. The highest BCUT2D eigenvalue weighted by Crippen LogP contribution is 2.25. The smallest absolute Gasteiger partial charge is 0.338 e. The number of nitrogens with zero attached hydrogens (tertiary/aromatic N) is 1. The molecule has 0 aromatic heterocycles. The van der Waals surface area contributed by atoms with Gasteiger partial charge in [-0.1, -0.05) is 6.92 Å². The van der Waals surface area contributed by atoms with Gasteiger partial charge in [-0.2, -0.15) is 4.31 Å². The van der Waals surface area contributed by atoms with Crippen LogP contribution in [0.25, 0.3) is 0 Å². The molecule has 0 amide bonds. The lowest BCUT2D eigenvalue weighted by atomic mass is 10.1. The van der Waals surface area contributed by atoms with E-state index >= 15 is 0 Å². The van der Waals surface area contributed by atoms with E-state index in [-0.39, 0.29) is 10.9 Å². The summed E-state index contributed by atoms with van der Waals surface area (Å²) in [7, 11) is -2.27. The summed E-state index contributed by atoms with van der Waals surface area (Å²) in [6, 6.07) is 4.61. The largest absolute Gasteiger partial charge is 0.465 e. The van der Waals surface area contributed by atoms with Gasteiger partial charge >= 0.3 is 5.97 Å². The summed E-state index contributed by atoms with van der Waals surface area (Å²) in [5.74, 6) is -0.458. The van der Waals surface area contributed by atoms with Crippen LogP contribution < -0.4 is 5.32 Å². The Morgan fingerprint density at radius 1 is 1.33 bits per heavy atom. The summed E-state index contributed by atoms with van der Waals surface area (Å²) < 4.78 is 32.6. The molecule has 134 valence electrons. The molecule has 0 aliphatic carbocycles. The first kappa shape index (κ1) is 18.9. The quantitative estimate of drug-likeness (QED) is 0.790. The lowest BCUT2D eigenvalue weighted by Crippen LogP contribution is -2.46. The summed E-state index contributed by atoms with van der Waals surface area (Å²) in [5, 5.41) is 3.27. The molecule has 7 heteroatoms. The molecular weight excluding hydrogens is 328 g/mol. The Morgan fingerprint density at radius 2 is 2.00 bits per heavy atom. The second kappa shape index (κ2) is 8.09. The normalized spacial score (nSPS) is 16.3. The molecule has 0 radical (unpaired) electrons. The van der Waals surface area contributed by atoms with Crippen LogP contribution in [0, 0.1) is 6.92 Å². The van der Waals surface area contributed by atoms with Crippen LogP contribution in [0.4, 0.5) is 0 Å². The molecule has 6 nitrogen and oxygen atoms in total. The van der Waals surface area contributed by atoms with Gasteiger partial charge in [-0.3, -0.25) is 0 Å². The molecule has 1 fully saturated rings. The summed E-state index contributed by atoms with van der Waals surface area (Å²) in [6.07, 6.45) is 2.40. The van der Waals surface area contributed by atoms with Gasteiger partial charge in [0, 0.05) is 12.6 Å². The van der Waals surface area contributed by atoms with Crippen LogP contribution in [-0.4, -0.2) is 51.5 Å². The third kappa shape index (κ3) is 3.96. The Hall–Kier alpha value is -1.44. The van der Waals surface area contributed by atoms with Crippen molar-refractivity contribution in [2.24, 2.45) is 0 Å². The molecule has 0 spiro atoms. The van der Waals surface area contributed by atoms with E-state index in [0.29, 0.717) is 17.7 Å². The zero-order valence-corrected chi connectivity index (χ0v) is 15.4. The van der Waals surface area contributed by atoms with E-state index in [0.717, 1.165) is 32.4 Å². The van der Waals surface area contributed by atoms with Crippen LogP contribution in [-0.2, 0) is 14.8 Å². The molecule has 1 heterocycles. The molecule has 1 N–H and O–H groups in total. The first-order chi connectivity index (χ1) is 11.4. The number of hydrogen-bond donors (Lipinski definition) is 1. The third-order valence-corrected chi connectivity index (χ3v) is 6.32. The number of esters is 1. The maximum Gasteiger partial charge on any atom is 0.338 e. The van der Waals surface area contributed by atoms with Crippen LogP contribution in [0.15, 0.2) is 23.1 Å². The molecule has 0 unspecified atom stereocenters. The van der Waals surface area contributed by atoms with Gasteiger partial charge in [0.1, 0.15) is 0 Å². The maximum absolute atomic E-state index is 13.1. The first-order valence-corrected chi connectivity index (χ1v) is 9.77. The van der Waals surface area contributed by atoms with E-state index in [1.165, 1.54) is 19.2 Å². The predicted octanol–water partition coefficient (Wildman–Crippen LogP) is 1.93. The van der Waals surface area contributed by atoms with E-state index in [1.807, 2.05) is 6.92 Å². The monoisotopic (exact) mass is 354 g/mol. The van der Waals surface area contributed by atoms with Crippen molar-refractivity contribution in [3.05, 3.63) is 29.3 Å². The molecule has 1 aromatic rings. The number of sulfonamides is 1. The summed E-state index contributed by atoms with van der Waals surface area (Å²) in [5.41, 5.74) is 0.991. The molecule has 1 aliphatic heterocycles. The highest BCUT2D eigenvalue weighted by atomic mass is 32.2. The van der Waals surface area contributed by atoms with Gasteiger partial charge in [0.15, 0.2) is 0 Å². The van der Waals surface area contributed by atoms with E-state index in [9.17, 15) is 13.2 Å². The van der Waals surface area contributed by atoms with Crippen molar-refractivity contribution in [1.82, 2.24) is 9.62 Å². The fourth-order valence-electron chi connectivity index (χ4n) is 3.09. The second-order valence-electron chi connectivity index (χ2n) is 6.07. The summed E-state index contributed by atoms with van der Waals surface area (Å²) in [4.78, 5) is 11.9. The van der Waals surface area contributed by atoms with Crippen molar-refractivity contribution in [2.75, 3.05) is 26.7 Å². The number of benzene rings is 1. The summed E-state index contributed by atoms with van der Waals surface area (Å²) >= 11 is 0. The predicted molar refractivity (Wildman–Crippen MR) is 92.6 cm³/mol. The van der Waals surface area contributed by atoms with E-state index in [4.69, 9.17) is 4.74 Å². The van der Waals surface area contributed by atoms with Gasteiger partial charge in [-0.25, -0.2) is 13.2 Å². The number of piperidine rings is 1. The average Bonchev–Trinajstić information content (AvgIpc) is 2.59. The van der Waals surface area contributed by atoms with Crippen molar-refractivity contribution in [3.63, 3.8) is 0 Å². The highest BCUT2D eigenvalue weighted by molar-refractivity contribution is 7.89. The van der Waals surface area contributed by atoms with Gasteiger partial charge in [0.25, 0.3) is 0 Å². The van der Waals surface area contributed by atoms with Crippen molar-refractivity contribution in [2.45, 2.75) is 44.0 Å². The zero-order chi connectivity index (χ0) is 17.7. The number of carbonyl (C=O) groups excluding carboxylic acids is 1. The molecule has 1 aliphatic rings. The number of aryl methyl sites for hydroxylation is 1. The van der Waals surface area contributed by atoms with Crippen LogP contribution >= 0.6 is 0 Å². The topological polar surface area (TPSA) is 75.7 Å². The number of carbonyl (C=O) groups is 1. The lowest BCUT2D eigenvalue weighted by Gasteiger charge is -2.33. The van der Waals surface area contributed by atoms with Gasteiger partial charge in [-0.15, -0.1) is 0 Å². The zero-order valence-electron chi connectivity index (χ0n) is 14.5. The van der Waals surface area contributed by atoms with E-state index in [1.54, 1.807) is 17.3 Å². The lowest BCUT2D eigenvalue weighted by molar-refractivity contribution is 0.0599. The third-order valence-electron chi connectivity index (χ3n) is 4.37. The average molecular weight is 354 g/mol. The molecule has 24 heavy (non-hydrogen) atoms. The maximum atomic E-state index is 13.1. The minimum Gasteiger partial charge on any atom is -0.465 e. The van der Waals surface area contributed by atoms with Gasteiger partial charge in [0.05, 0.1) is 17.6 Å². The fraction of sp³-hybridized carbons (Fsp3) is 0.588. The van der Waals surface area contributed by atoms with Crippen molar-refractivity contribution in [1.29, 1.82) is 0 Å². The molecule has 2 rings (SSSR count). The molecule has 0 atom stereocenters. The van der Waals surface area contributed by atoms with Crippen LogP contribution in [0.1, 0.15) is 42.1 Å². The van der Waals surface area contributed by atoms with E-state index < -0.39 is 16.0 Å². The van der Waals surface area contributed by atoms with Crippen molar-refractivity contribution < 1.29 is 17.9 Å². The highest BCUT2D eigenvalue weighted by Gasteiger charge is 2.32. The van der Waals surface area contributed by atoms with Crippen molar-refractivity contribution in [3.8, 4) is 0 Å². The molecule has 0 bridgehead atoms. The number of rotatable bonds is 6. The SMILES string of the molecule is CCCN(C1CCNCC1)S(=O)(=O)c1ccc(C(=O)OC)c(C)c1.